The standard InChI is InChI=1S/C20H27N5O4S/c1-22(2)6-7-24-9-12(8-16(24)27)19(28)25-5-4-13-14(10-25)30-18-17(13)20(29)23(3)11-15(26)21-18/h12H,4-11H2,1-3H3,(H,21,26). The van der Waals surface area contributed by atoms with Crippen LogP contribution in [-0.2, 0) is 27.3 Å². The summed E-state index contributed by atoms with van der Waals surface area (Å²) in [5.74, 6) is -0.645. The molecule has 4 rings (SSSR count). The highest BCUT2D eigenvalue weighted by atomic mass is 32.1. The lowest BCUT2D eigenvalue weighted by Crippen LogP contribution is -2.41. The Morgan fingerprint density at radius 1 is 1.23 bits per heavy atom. The topological polar surface area (TPSA) is 93.3 Å². The van der Waals surface area contributed by atoms with Crippen LogP contribution < -0.4 is 5.32 Å². The maximum absolute atomic E-state index is 13.1. The molecule has 0 radical (unpaired) electrons. The smallest absolute Gasteiger partial charge is 0.257 e. The molecule has 1 atom stereocenters. The first-order chi connectivity index (χ1) is 14.2. The van der Waals surface area contributed by atoms with Gasteiger partial charge in [-0.05, 0) is 26.1 Å². The van der Waals surface area contributed by atoms with Crippen molar-refractivity contribution in [3.63, 3.8) is 0 Å². The minimum Gasteiger partial charge on any atom is -0.341 e. The molecular weight excluding hydrogens is 406 g/mol. The molecule has 30 heavy (non-hydrogen) atoms. The Morgan fingerprint density at radius 2 is 2.00 bits per heavy atom. The molecular formula is C20H27N5O4S. The van der Waals surface area contributed by atoms with E-state index in [0.717, 1.165) is 17.0 Å². The lowest BCUT2D eigenvalue weighted by atomic mass is 10.00. The first kappa shape index (κ1) is 20.8. The Morgan fingerprint density at radius 3 is 2.73 bits per heavy atom. The molecule has 0 saturated carbocycles. The van der Waals surface area contributed by atoms with Gasteiger partial charge in [0.2, 0.25) is 17.7 Å². The Labute approximate surface area is 179 Å². The summed E-state index contributed by atoms with van der Waals surface area (Å²) >= 11 is 1.38. The van der Waals surface area contributed by atoms with Crippen LogP contribution in [0.4, 0.5) is 5.00 Å². The van der Waals surface area contributed by atoms with Gasteiger partial charge in [0.25, 0.3) is 5.91 Å². The lowest BCUT2D eigenvalue weighted by molar-refractivity contribution is -0.136. The van der Waals surface area contributed by atoms with Crippen molar-refractivity contribution < 1.29 is 19.2 Å². The fraction of sp³-hybridized carbons (Fsp3) is 0.600. The number of rotatable bonds is 4. The van der Waals surface area contributed by atoms with E-state index in [0.29, 0.717) is 43.2 Å². The summed E-state index contributed by atoms with van der Waals surface area (Å²) in [6.45, 7) is 2.85. The minimum absolute atomic E-state index is 0.00238. The second kappa shape index (κ2) is 7.99. The molecule has 1 N–H and O–H groups in total. The molecule has 10 heteroatoms. The van der Waals surface area contributed by atoms with Gasteiger partial charge in [-0.15, -0.1) is 11.3 Å². The molecule has 1 saturated heterocycles. The molecule has 1 aromatic rings. The zero-order valence-corrected chi connectivity index (χ0v) is 18.4. The van der Waals surface area contributed by atoms with Crippen LogP contribution in [-0.4, -0.2) is 97.1 Å². The fourth-order valence-corrected chi connectivity index (χ4v) is 5.55. The van der Waals surface area contributed by atoms with E-state index in [1.165, 1.54) is 16.2 Å². The molecule has 3 aliphatic rings. The van der Waals surface area contributed by atoms with Crippen LogP contribution in [0.3, 0.4) is 0 Å². The third kappa shape index (κ3) is 3.81. The first-order valence-electron chi connectivity index (χ1n) is 10.2. The van der Waals surface area contributed by atoms with Crippen molar-refractivity contribution in [1.29, 1.82) is 0 Å². The number of anilines is 1. The highest BCUT2D eigenvalue weighted by molar-refractivity contribution is 7.17. The number of nitrogens with zero attached hydrogens (tertiary/aromatic N) is 4. The highest BCUT2D eigenvalue weighted by Crippen LogP contribution is 2.39. The van der Waals surface area contributed by atoms with Gasteiger partial charge in [0, 0.05) is 44.5 Å². The number of carbonyl (C=O) groups is 4. The average molecular weight is 434 g/mol. The first-order valence-corrected chi connectivity index (χ1v) is 11.0. The van der Waals surface area contributed by atoms with Crippen LogP contribution in [0.15, 0.2) is 0 Å². The van der Waals surface area contributed by atoms with E-state index in [2.05, 4.69) is 5.32 Å². The molecule has 0 aliphatic carbocycles. The van der Waals surface area contributed by atoms with E-state index in [-0.39, 0.29) is 42.5 Å². The summed E-state index contributed by atoms with van der Waals surface area (Å²) in [5.41, 5.74) is 1.51. The number of likely N-dealkylation sites (tertiary alicyclic amines) is 1. The molecule has 1 unspecified atom stereocenters. The van der Waals surface area contributed by atoms with Crippen molar-refractivity contribution in [1.82, 2.24) is 19.6 Å². The van der Waals surface area contributed by atoms with Crippen molar-refractivity contribution in [2.24, 2.45) is 5.92 Å². The number of fused-ring (bicyclic) bond motifs is 3. The van der Waals surface area contributed by atoms with E-state index < -0.39 is 0 Å². The maximum atomic E-state index is 13.1. The van der Waals surface area contributed by atoms with Gasteiger partial charge in [-0.3, -0.25) is 19.2 Å². The second-order valence-electron chi connectivity index (χ2n) is 8.47. The summed E-state index contributed by atoms with van der Waals surface area (Å²) in [4.78, 5) is 58.1. The number of likely N-dealkylation sites (N-methyl/N-ethyl adjacent to an activating group) is 2. The van der Waals surface area contributed by atoms with Gasteiger partial charge in [0.05, 0.1) is 24.6 Å². The summed E-state index contributed by atoms with van der Waals surface area (Å²) in [7, 11) is 5.54. The van der Waals surface area contributed by atoms with Crippen LogP contribution in [0.5, 0.6) is 0 Å². The number of carbonyl (C=O) groups excluding carboxylic acids is 4. The third-order valence-electron chi connectivity index (χ3n) is 5.94. The van der Waals surface area contributed by atoms with Crippen molar-refractivity contribution in [2.45, 2.75) is 19.4 Å². The van der Waals surface area contributed by atoms with Crippen LogP contribution >= 0.6 is 11.3 Å². The number of thiophene rings is 1. The zero-order valence-electron chi connectivity index (χ0n) is 17.6. The Kier molecular flexibility index (Phi) is 5.54. The summed E-state index contributed by atoms with van der Waals surface area (Å²) < 4.78 is 0. The molecule has 4 heterocycles. The SMILES string of the molecule is CN(C)CCN1CC(C(=O)N2CCc3c(sc4c3C(=O)N(C)CC(=O)N4)C2)CC1=O. The van der Waals surface area contributed by atoms with Gasteiger partial charge in [0.15, 0.2) is 0 Å². The monoisotopic (exact) mass is 433 g/mol. The van der Waals surface area contributed by atoms with Crippen LogP contribution in [0.25, 0.3) is 0 Å². The average Bonchev–Trinajstić information content (AvgIpc) is 3.21. The van der Waals surface area contributed by atoms with E-state index in [4.69, 9.17) is 0 Å². The molecule has 3 aliphatic heterocycles. The minimum atomic E-state index is -0.313. The largest absolute Gasteiger partial charge is 0.341 e. The lowest BCUT2D eigenvalue weighted by Gasteiger charge is -2.29. The number of nitrogens with one attached hydrogen (secondary N) is 1. The summed E-state index contributed by atoms with van der Waals surface area (Å²) in [6, 6.07) is 0. The van der Waals surface area contributed by atoms with Crippen LogP contribution in [0.2, 0.25) is 0 Å². The van der Waals surface area contributed by atoms with E-state index in [9.17, 15) is 19.2 Å². The van der Waals surface area contributed by atoms with Gasteiger partial charge in [-0.2, -0.15) is 0 Å². The van der Waals surface area contributed by atoms with Crippen LogP contribution in [0, 0.1) is 5.92 Å². The second-order valence-corrected chi connectivity index (χ2v) is 9.58. The predicted molar refractivity (Wildman–Crippen MR) is 112 cm³/mol. The van der Waals surface area contributed by atoms with Gasteiger partial charge in [-0.1, -0.05) is 0 Å². The summed E-state index contributed by atoms with van der Waals surface area (Å²) in [5, 5.41) is 3.42. The molecule has 0 aromatic carbocycles. The Balaban J connectivity index is 1.47. The quantitative estimate of drug-likeness (QED) is 0.725. The van der Waals surface area contributed by atoms with Gasteiger partial charge < -0.3 is 24.9 Å². The van der Waals surface area contributed by atoms with Gasteiger partial charge >= 0.3 is 0 Å². The highest BCUT2D eigenvalue weighted by Gasteiger charge is 2.39. The molecule has 0 bridgehead atoms. The number of hydrogen-bond acceptors (Lipinski definition) is 6. The Bertz CT molecular complexity index is 911. The molecule has 1 aromatic heterocycles. The van der Waals surface area contributed by atoms with Crippen molar-refractivity contribution in [3.05, 3.63) is 16.0 Å². The van der Waals surface area contributed by atoms with E-state index >= 15 is 0 Å². The van der Waals surface area contributed by atoms with Crippen molar-refractivity contribution >= 4 is 40.0 Å². The number of hydrogen-bond donors (Lipinski definition) is 1. The Hall–Kier alpha value is -2.46. The molecule has 4 amide bonds. The van der Waals surface area contributed by atoms with E-state index in [1.54, 1.807) is 16.8 Å². The predicted octanol–water partition coefficient (Wildman–Crippen LogP) is 0.0670. The van der Waals surface area contributed by atoms with Gasteiger partial charge in [0.1, 0.15) is 5.00 Å². The van der Waals surface area contributed by atoms with E-state index in [1.807, 2.05) is 19.0 Å². The zero-order chi connectivity index (χ0) is 21.6. The molecule has 1 fully saturated rings. The molecule has 162 valence electrons. The van der Waals surface area contributed by atoms with Gasteiger partial charge in [-0.25, -0.2) is 0 Å². The fourth-order valence-electron chi connectivity index (χ4n) is 4.28. The van der Waals surface area contributed by atoms with Crippen molar-refractivity contribution in [3.8, 4) is 0 Å². The van der Waals surface area contributed by atoms with Crippen molar-refractivity contribution in [2.75, 3.05) is 59.2 Å². The third-order valence-corrected chi connectivity index (χ3v) is 7.08. The van der Waals surface area contributed by atoms with Crippen LogP contribution in [0.1, 0.15) is 27.2 Å². The maximum Gasteiger partial charge on any atom is 0.257 e. The normalized spacial score (nSPS) is 21.7. The summed E-state index contributed by atoms with van der Waals surface area (Å²) in [6.07, 6.45) is 0.837. The number of amides is 4. The molecule has 9 nitrogen and oxygen atoms in total. The molecule has 0 spiro atoms.